The van der Waals surface area contributed by atoms with E-state index in [0.29, 0.717) is 123 Å². The molecule has 0 saturated heterocycles. The van der Waals surface area contributed by atoms with Gasteiger partial charge in [-0.1, -0.05) is 27.7 Å². The maximum Gasteiger partial charge on any atom is 0.123 e. The normalized spacial score (nSPS) is 18.4. The Labute approximate surface area is 430 Å². The smallest absolute Gasteiger partial charge is 0.123 e. The SMILES string of the molecule is CCOCCC[C@H](C)CC1c2cc(c(O)cc2O)C(C[C@@H](C)CCCOCC)c2cc(c(O)cc2O)C(C[C@@H](C)CCCOCC)c2cc(c(O)cc2O)C(C[C@@H](C)CCCOCC)c2cc1c(O)cc2O. The van der Waals surface area contributed by atoms with Crippen LogP contribution in [0.5, 0.6) is 46.0 Å². The highest BCUT2D eigenvalue weighted by molar-refractivity contribution is 5.62. The van der Waals surface area contributed by atoms with Crippen LogP contribution in [0.3, 0.4) is 0 Å². The molecule has 4 aromatic carbocycles. The zero-order chi connectivity index (χ0) is 52.5. The maximum atomic E-state index is 12.1. The van der Waals surface area contributed by atoms with E-state index in [2.05, 4.69) is 27.7 Å². The largest absolute Gasteiger partial charge is 0.508 e. The quantitative estimate of drug-likeness (QED) is 0.0251. The molecule has 0 fully saturated rings. The van der Waals surface area contributed by atoms with Crippen molar-refractivity contribution in [2.45, 2.75) is 156 Å². The highest BCUT2D eigenvalue weighted by Crippen LogP contribution is 2.53. The fourth-order valence-corrected chi connectivity index (χ4v) is 11.2. The molecule has 1 aliphatic carbocycles. The number of aromatic hydroxyl groups is 8. The van der Waals surface area contributed by atoms with Crippen LogP contribution in [0.15, 0.2) is 48.5 Å². The molecule has 0 aromatic heterocycles. The van der Waals surface area contributed by atoms with E-state index in [0.717, 1.165) is 51.4 Å². The Hall–Kier alpha value is -4.88. The molecule has 0 aliphatic heterocycles. The average molecular weight is 1000 g/mol. The Balaban J connectivity index is 1.88. The lowest BCUT2D eigenvalue weighted by Crippen LogP contribution is -2.15. The fraction of sp³-hybridized carbons (Fsp3) is 0.600. The highest BCUT2D eigenvalue weighted by Gasteiger charge is 2.35. The number of phenols is 8. The minimum absolute atomic E-state index is 0.0579. The van der Waals surface area contributed by atoms with Crippen LogP contribution in [0.1, 0.15) is 201 Å². The van der Waals surface area contributed by atoms with Crippen molar-refractivity contribution in [1.29, 1.82) is 0 Å². The Bertz CT molecular complexity index is 1870. The monoisotopic (exact) mass is 1000 g/mol. The van der Waals surface area contributed by atoms with Gasteiger partial charge in [0, 0.05) is 145 Å². The Kier molecular flexibility index (Phi) is 23.0. The van der Waals surface area contributed by atoms with Crippen molar-refractivity contribution in [3.8, 4) is 46.0 Å². The van der Waals surface area contributed by atoms with Crippen molar-refractivity contribution in [2.75, 3.05) is 52.9 Å². The molecule has 0 spiro atoms. The van der Waals surface area contributed by atoms with E-state index in [1.165, 1.54) is 24.3 Å². The molecular formula is C60H88O12. The molecule has 0 radical (unpaired) electrons. The molecule has 5 rings (SSSR count). The first-order chi connectivity index (χ1) is 34.5. The van der Waals surface area contributed by atoms with E-state index in [4.69, 9.17) is 18.9 Å². The van der Waals surface area contributed by atoms with Gasteiger partial charge in [0.2, 0.25) is 0 Å². The number of benzene rings is 4. The van der Waals surface area contributed by atoms with E-state index in [9.17, 15) is 40.9 Å². The lowest BCUT2D eigenvalue weighted by atomic mass is 9.74. The van der Waals surface area contributed by atoms with Crippen molar-refractivity contribution >= 4 is 0 Å². The molecular weight excluding hydrogens is 913 g/mol. The molecule has 8 N–H and O–H groups in total. The van der Waals surface area contributed by atoms with Gasteiger partial charge in [0.1, 0.15) is 46.0 Å². The third-order valence-electron chi connectivity index (χ3n) is 15.0. The van der Waals surface area contributed by atoms with Gasteiger partial charge in [-0.25, -0.2) is 0 Å². The molecule has 12 nitrogen and oxygen atoms in total. The first kappa shape index (κ1) is 58.0. The molecule has 12 heteroatoms. The van der Waals surface area contributed by atoms with Crippen LogP contribution in [0.4, 0.5) is 0 Å². The van der Waals surface area contributed by atoms with Crippen LogP contribution in [-0.4, -0.2) is 93.7 Å². The summed E-state index contributed by atoms with van der Waals surface area (Å²) >= 11 is 0. The lowest BCUT2D eigenvalue weighted by molar-refractivity contribution is 0.139. The average Bonchev–Trinajstić information content (AvgIpc) is 3.32. The molecule has 0 amide bonds. The van der Waals surface area contributed by atoms with E-state index >= 15 is 0 Å². The van der Waals surface area contributed by atoms with Gasteiger partial charge in [-0.15, -0.1) is 0 Å². The summed E-state index contributed by atoms with van der Waals surface area (Å²) in [5.41, 5.74) is 3.67. The number of phenolic OH excluding ortho intramolecular Hbond substituents is 8. The van der Waals surface area contributed by atoms with Crippen molar-refractivity contribution < 1.29 is 59.8 Å². The predicted octanol–water partition coefficient (Wildman–Crippen LogP) is 13.5. The van der Waals surface area contributed by atoms with Crippen molar-refractivity contribution in [2.24, 2.45) is 23.7 Å². The molecule has 400 valence electrons. The molecule has 0 unspecified atom stereocenters. The third kappa shape index (κ3) is 15.6. The first-order valence-electron chi connectivity index (χ1n) is 27.1. The Morgan fingerprint density at radius 3 is 0.625 bits per heavy atom. The second-order valence-corrected chi connectivity index (χ2v) is 20.8. The van der Waals surface area contributed by atoms with Gasteiger partial charge in [-0.05, 0) is 153 Å². The summed E-state index contributed by atoms with van der Waals surface area (Å²) in [6.45, 7) is 21.2. The molecule has 0 heterocycles. The summed E-state index contributed by atoms with van der Waals surface area (Å²) in [6, 6.07) is 12.6. The van der Waals surface area contributed by atoms with Crippen LogP contribution in [-0.2, 0) is 18.9 Å². The van der Waals surface area contributed by atoms with Crippen LogP contribution in [0.25, 0.3) is 0 Å². The van der Waals surface area contributed by atoms with Gasteiger partial charge in [-0.2, -0.15) is 0 Å². The molecule has 1 aliphatic rings. The Morgan fingerprint density at radius 1 is 0.306 bits per heavy atom. The van der Waals surface area contributed by atoms with Gasteiger partial charge in [-0.3, -0.25) is 0 Å². The molecule has 8 bridgehead atoms. The van der Waals surface area contributed by atoms with Crippen LogP contribution >= 0.6 is 0 Å². The van der Waals surface area contributed by atoms with E-state index in [-0.39, 0.29) is 69.7 Å². The van der Waals surface area contributed by atoms with Gasteiger partial charge < -0.3 is 59.8 Å². The van der Waals surface area contributed by atoms with E-state index in [1.54, 1.807) is 24.3 Å². The first-order valence-corrected chi connectivity index (χ1v) is 27.1. The number of hydrogen-bond donors (Lipinski definition) is 8. The summed E-state index contributed by atoms with van der Waals surface area (Å²) in [6.07, 6.45) is 8.21. The fourth-order valence-electron chi connectivity index (χ4n) is 11.2. The van der Waals surface area contributed by atoms with Crippen LogP contribution in [0, 0.1) is 23.7 Å². The number of hydrogen-bond acceptors (Lipinski definition) is 12. The molecule has 0 saturated carbocycles. The van der Waals surface area contributed by atoms with Gasteiger partial charge in [0.25, 0.3) is 0 Å². The third-order valence-corrected chi connectivity index (χ3v) is 15.0. The standard InChI is InChI=1S/C60H88O12/c1-9-69-21-13-17-37(5)25-41-45-29-47(55(63)33-53(45)61)42(26-38(6)18-14-22-70-10-2)49-31-51(59(67)35-57(49)65)44(28-40(8)20-16-24-72-12-4)52-32-50(58(66)36-60(52)68)43(27-39(7)19-15-23-71-11-3)48-30-46(41)54(62)34-56(48)64/h29-44,61-68H,9-28H2,1-8H3/t37-,38-,39-,40-,41?,42?,43?,44?/m0/s1. The van der Waals surface area contributed by atoms with Crippen molar-refractivity contribution in [3.05, 3.63) is 93.0 Å². The number of rotatable bonds is 28. The summed E-state index contributed by atoms with van der Waals surface area (Å²) in [7, 11) is 0. The maximum absolute atomic E-state index is 12.1. The summed E-state index contributed by atoms with van der Waals surface area (Å²) < 4.78 is 22.8. The van der Waals surface area contributed by atoms with Gasteiger partial charge >= 0.3 is 0 Å². The number of fused-ring (bicyclic) bond motifs is 8. The topological polar surface area (TPSA) is 199 Å². The van der Waals surface area contributed by atoms with Gasteiger partial charge in [0.05, 0.1) is 0 Å². The lowest BCUT2D eigenvalue weighted by Gasteiger charge is -2.31. The summed E-state index contributed by atoms with van der Waals surface area (Å²) in [5.74, 6) is -3.77. The van der Waals surface area contributed by atoms with Gasteiger partial charge in [0.15, 0.2) is 0 Å². The minimum atomic E-state index is -0.659. The van der Waals surface area contributed by atoms with Crippen molar-refractivity contribution in [1.82, 2.24) is 0 Å². The van der Waals surface area contributed by atoms with E-state index in [1.807, 2.05) is 27.7 Å². The minimum Gasteiger partial charge on any atom is -0.508 e. The molecule has 4 atom stereocenters. The predicted molar refractivity (Wildman–Crippen MR) is 284 cm³/mol. The summed E-state index contributed by atoms with van der Waals surface area (Å²) in [5, 5.41) is 96.7. The summed E-state index contributed by atoms with van der Waals surface area (Å²) in [4.78, 5) is 0. The second kappa shape index (κ2) is 28.5. The van der Waals surface area contributed by atoms with Crippen molar-refractivity contribution in [3.63, 3.8) is 0 Å². The van der Waals surface area contributed by atoms with Crippen LogP contribution in [0.2, 0.25) is 0 Å². The Morgan fingerprint density at radius 2 is 0.472 bits per heavy atom. The second-order valence-electron chi connectivity index (χ2n) is 20.8. The zero-order valence-electron chi connectivity index (χ0n) is 44.6. The molecule has 4 aromatic rings. The van der Waals surface area contributed by atoms with Crippen LogP contribution < -0.4 is 0 Å². The number of ether oxygens (including phenoxy) is 4. The highest BCUT2D eigenvalue weighted by atomic mass is 16.5. The zero-order valence-corrected chi connectivity index (χ0v) is 44.6. The van der Waals surface area contributed by atoms with E-state index < -0.39 is 23.7 Å². The molecule has 72 heavy (non-hydrogen) atoms.